The van der Waals surface area contributed by atoms with E-state index in [1.54, 1.807) is 4.90 Å². The van der Waals surface area contributed by atoms with Gasteiger partial charge in [-0.3, -0.25) is 0 Å². The van der Waals surface area contributed by atoms with Gasteiger partial charge >= 0.3 is 6.09 Å². The summed E-state index contributed by atoms with van der Waals surface area (Å²) < 4.78 is 17.3. The van der Waals surface area contributed by atoms with E-state index in [4.69, 9.17) is 14.2 Å². The third kappa shape index (κ3) is 5.91. The Bertz CT molecular complexity index is 385. The van der Waals surface area contributed by atoms with E-state index in [0.29, 0.717) is 32.4 Å². The minimum absolute atomic E-state index is 0.193. The minimum Gasteiger partial charge on any atom is -0.444 e. The Morgan fingerprint density at radius 2 is 1.87 bits per heavy atom. The van der Waals surface area contributed by atoms with E-state index in [1.165, 1.54) is 19.3 Å². The van der Waals surface area contributed by atoms with Gasteiger partial charge < -0.3 is 19.1 Å². The summed E-state index contributed by atoms with van der Waals surface area (Å²) in [6, 6.07) is 0. The van der Waals surface area contributed by atoms with E-state index in [1.807, 2.05) is 20.8 Å². The van der Waals surface area contributed by atoms with E-state index in [2.05, 4.69) is 15.9 Å². The molecule has 1 aliphatic carbocycles. The van der Waals surface area contributed by atoms with E-state index in [9.17, 15) is 4.79 Å². The molecule has 5 nitrogen and oxygen atoms in total. The van der Waals surface area contributed by atoms with Crippen LogP contribution in [0.4, 0.5) is 4.79 Å². The molecule has 0 radical (unpaired) electrons. The molecule has 2 aliphatic rings. The maximum atomic E-state index is 12.1. The van der Waals surface area contributed by atoms with Gasteiger partial charge in [-0.15, -0.1) is 0 Å². The first-order valence-electron chi connectivity index (χ1n) is 8.63. The number of carbonyl (C=O) groups excluding carboxylic acids is 1. The lowest BCUT2D eigenvalue weighted by Crippen LogP contribution is -2.50. The normalized spacial score (nSPS) is 21.8. The summed E-state index contributed by atoms with van der Waals surface area (Å²) in [5, 5.41) is 0.783. The second-order valence-electron chi connectivity index (χ2n) is 7.56. The van der Waals surface area contributed by atoms with Gasteiger partial charge in [0.25, 0.3) is 0 Å². The molecule has 0 aromatic heterocycles. The van der Waals surface area contributed by atoms with Crippen molar-refractivity contribution in [3.63, 3.8) is 0 Å². The number of hydrogen-bond donors (Lipinski definition) is 0. The standard InChI is InChI=1S/C17H30BrNO4/c1-16(2,3)23-15(20)19-9-7-17(13-18,8-10-19)22-12-11-21-14-5-4-6-14/h14H,4-13H2,1-3H3. The quantitative estimate of drug-likeness (QED) is 0.511. The average Bonchev–Trinajstić information content (AvgIpc) is 2.44. The molecule has 0 aromatic carbocycles. The molecule has 0 aromatic rings. The summed E-state index contributed by atoms with van der Waals surface area (Å²) in [6.07, 6.45) is 5.53. The Labute approximate surface area is 148 Å². The lowest BCUT2D eigenvalue weighted by Gasteiger charge is -2.41. The van der Waals surface area contributed by atoms with Crippen LogP contribution in [0, 0.1) is 0 Å². The third-order valence-corrected chi connectivity index (χ3v) is 5.49. The van der Waals surface area contributed by atoms with Gasteiger partial charge in [0.15, 0.2) is 0 Å². The number of halogens is 1. The second kappa shape index (κ2) is 8.17. The zero-order valence-electron chi connectivity index (χ0n) is 14.6. The van der Waals surface area contributed by atoms with Crippen LogP contribution in [0.2, 0.25) is 0 Å². The summed E-state index contributed by atoms with van der Waals surface area (Å²) in [5.41, 5.74) is -0.641. The molecule has 1 saturated carbocycles. The molecule has 2 fully saturated rings. The van der Waals surface area contributed by atoms with Gasteiger partial charge in [-0.05, 0) is 52.9 Å². The molecule has 1 aliphatic heterocycles. The fourth-order valence-electron chi connectivity index (χ4n) is 2.75. The molecular weight excluding hydrogens is 362 g/mol. The summed E-state index contributed by atoms with van der Waals surface area (Å²) in [5.74, 6) is 0. The average molecular weight is 392 g/mol. The number of hydrogen-bond acceptors (Lipinski definition) is 4. The first kappa shape index (κ1) is 19.0. The summed E-state index contributed by atoms with van der Waals surface area (Å²) in [6.45, 7) is 8.30. The van der Waals surface area contributed by atoms with E-state index in [-0.39, 0.29) is 11.7 Å². The highest BCUT2D eigenvalue weighted by Gasteiger charge is 2.37. The molecule has 134 valence electrons. The van der Waals surface area contributed by atoms with Crippen LogP contribution in [-0.2, 0) is 14.2 Å². The number of piperidine rings is 1. The van der Waals surface area contributed by atoms with Gasteiger partial charge in [0.1, 0.15) is 5.60 Å². The highest BCUT2D eigenvalue weighted by molar-refractivity contribution is 9.09. The Morgan fingerprint density at radius 3 is 2.35 bits per heavy atom. The number of likely N-dealkylation sites (tertiary alicyclic amines) is 1. The van der Waals surface area contributed by atoms with Gasteiger partial charge in [-0.25, -0.2) is 4.79 Å². The van der Waals surface area contributed by atoms with Gasteiger partial charge in [-0.1, -0.05) is 15.9 Å². The maximum Gasteiger partial charge on any atom is 0.410 e. The predicted octanol–water partition coefficient (Wildman–Crippen LogP) is 3.74. The van der Waals surface area contributed by atoms with E-state index < -0.39 is 5.60 Å². The van der Waals surface area contributed by atoms with Gasteiger partial charge in [0.2, 0.25) is 0 Å². The summed E-state index contributed by atoms with van der Waals surface area (Å²) in [4.78, 5) is 13.9. The number of carbonyl (C=O) groups is 1. The molecule has 2 rings (SSSR count). The van der Waals surface area contributed by atoms with Gasteiger partial charge in [-0.2, -0.15) is 0 Å². The molecule has 6 heteroatoms. The molecule has 1 saturated heterocycles. The summed E-state index contributed by atoms with van der Waals surface area (Å²) >= 11 is 3.58. The first-order chi connectivity index (χ1) is 10.8. The second-order valence-corrected chi connectivity index (χ2v) is 8.12. The van der Waals surface area contributed by atoms with Gasteiger partial charge in [0.05, 0.1) is 24.9 Å². The molecule has 0 bridgehead atoms. The molecule has 1 amide bonds. The van der Waals surface area contributed by atoms with E-state index in [0.717, 1.165) is 18.2 Å². The minimum atomic E-state index is -0.448. The molecule has 0 spiro atoms. The molecule has 1 heterocycles. The van der Waals surface area contributed by atoms with Gasteiger partial charge in [0, 0.05) is 18.4 Å². The lowest BCUT2D eigenvalue weighted by atomic mass is 9.93. The third-order valence-electron chi connectivity index (χ3n) is 4.47. The van der Waals surface area contributed by atoms with Crippen molar-refractivity contribution in [2.24, 2.45) is 0 Å². The van der Waals surface area contributed by atoms with Crippen LogP contribution in [0.3, 0.4) is 0 Å². The van der Waals surface area contributed by atoms with Crippen LogP contribution < -0.4 is 0 Å². The van der Waals surface area contributed by atoms with Crippen LogP contribution in [-0.4, -0.2) is 59.9 Å². The molecule has 0 unspecified atom stereocenters. The van der Waals surface area contributed by atoms with Crippen molar-refractivity contribution >= 4 is 22.0 Å². The molecule has 23 heavy (non-hydrogen) atoms. The first-order valence-corrected chi connectivity index (χ1v) is 9.75. The lowest BCUT2D eigenvalue weighted by molar-refractivity contribution is -0.0991. The van der Waals surface area contributed by atoms with Crippen LogP contribution in [0.25, 0.3) is 0 Å². The Kier molecular flexibility index (Phi) is 6.75. The van der Waals surface area contributed by atoms with Crippen LogP contribution in [0.15, 0.2) is 0 Å². The SMILES string of the molecule is CC(C)(C)OC(=O)N1CCC(CBr)(OCCOC2CCC2)CC1. The zero-order valence-corrected chi connectivity index (χ0v) is 16.2. The van der Waals surface area contributed by atoms with Crippen molar-refractivity contribution in [2.75, 3.05) is 31.6 Å². The summed E-state index contributed by atoms with van der Waals surface area (Å²) in [7, 11) is 0. The monoisotopic (exact) mass is 391 g/mol. The van der Waals surface area contributed by atoms with Crippen LogP contribution in [0.1, 0.15) is 52.9 Å². The van der Waals surface area contributed by atoms with Crippen molar-refractivity contribution in [3.8, 4) is 0 Å². The van der Waals surface area contributed by atoms with Crippen LogP contribution >= 0.6 is 15.9 Å². The van der Waals surface area contributed by atoms with Crippen LogP contribution in [0.5, 0.6) is 0 Å². The van der Waals surface area contributed by atoms with Crippen molar-refractivity contribution in [1.82, 2.24) is 4.90 Å². The number of alkyl halides is 1. The number of rotatable bonds is 6. The van der Waals surface area contributed by atoms with E-state index >= 15 is 0 Å². The highest BCUT2D eigenvalue weighted by Crippen LogP contribution is 2.29. The van der Waals surface area contributed by atoms with Crippen molar-refractivity contribution in [2.45, 2.75) is 70.2 Å². The molecule has 0 N–H and O–H groups in total. The topological polar surface area (TPSA) is 48.0 Å². The molecule has 0 atom stereocenters. The Balaban J connectivity index is 1.71. The smallest absolute Gasteiger partial charge is 0.410 e. The highest BCUT2D eigenvalue weighted by atomic mass is 79.9. The predicted molar refractivity (Wildman–Crippen MR) is 93.1 cm³/mol. The Hall–Kier alpha value is -0.330. The largest absolute Gasteiger partial charge is 0.444 e. The fraction of sp³-hybridized carbons (Fsp3) is 0.941. The fourth-order valence-corrected chi connectivity index (χ4v) is 3.47. The molecular formula is C17H30BrNO4. The Morgan fingerprint density at radius 1 is 1.22 bits per heavy atom. The number of amides is 1. The van der Waals surface area contributed by atoms with Crippen molar-refractivity contribution < 1.29 is 19.0 Å². The van der Waals surface area contributed by atoms with Crippen molar-refractivity contribution in [1.29, 1.82) is 0 Å². The zero-order chi connectivity index (χ0) is 16.9. The number of ether oxygens (including phenoxy) is 3. The number of nitrogens with zero attached hydrogens (tertiary/aromatic N) is 1. The van der Waals surface area contributed by atoms with Crippen molar-refractivity contribution in [3.05, 3.63) is 0 Å². The maximum absolute atomic E-state index is 12.1.